The van der Waals surface area contributed by atoms with Gasteiger partial charge in [0.25, 0.3) is 5.90 Å². The molecule has 35 heavy (non-hydrogen) atoms. The molecule has 1 aliphatic carbocycles. The monoisotopic (exact) mass is 486 g/mol. The highest BCUT2D eigenvalue weighted by molar-refractivity contribution is 6.12. The molecule has 2 fully saturated rings. The molecule has 2 saturated heterocycles. The first-order valence-corrected chi connectivity index (χ1v) is 12.2. The average Bonchev–Trinajstić information content (AvgIpc) is 2.86. The fourth-order valence-electron chi connectivity index (χ4n) is 5.52. The van der Waals surface area contributed by atoms with Crippen molar-refractivity contribution in [2.45, 2.75) is 57.9 Å². The highest BCUT2D eigenvalue weighted by atomic mass is 19.3. The van der Waals surface area contributed by atoms with Crippen LogP contribution in [-0.2, 0) is 16.0 Å². The number of allylic oxidation sites excluding steroid dienone is 1. The minimum Gasteiger partial charge on any atom is -0.419 e. The molecular formula is C26H32F2N4O3. The lowest BCUT2D eigenvalue weighted by Crippen LogP contribution is -2.49. The number of hydrogen-bond acceptors (Lipinski definition) is 6. The molecule has 2 N–H and O–H groups in total. The van der Waals surface area contributed by atoms with Gasteiger partial charge in [0, 0.05) is 49.3 Å². The van der Waals surface area contributed by atoms with Gasteiger partial charge < -0.3 is 9.64 Å². The van der Waals surface area contributed by atoms with Gasteiger partial charge in [0.15, 0.2) is 5.78 Å². The molecule has 9 heteroatoms. The number of fused-ring (bicyclic) bond motifs is 1. The SMILES string of the molecule is CC(=O)N1CCC(C2CCCCN2CC2=CCc3ccc(C(=N)OC(=N)C(F)F)cc3C2=O)CC1. The molecule has 188 valence electrons. The first-order valence-electron chi connectivity index (χ1n) is 12.2. The van der Waals surface area contributed by atoms with Gasteiger partial charge in [-0.15, -0.1) is 0 Å². The van der Waals surface area contributed by atoms with Crippen molar-refractivity contribution >= 4 is 23.5 Å². The highest BCUT2D eigenvalue weighted by Gasteiger charge is 2.34. The zero-order valence-electron chi connectivity index (χ0n) is 20.0. The van der Waals surface area contributed by atoms with Crippen LogP contribution in [0.2, 0.25) is 0 Å². The molecule has 3 aliphatic rings. The van der Waals surface area contributed by atoms with E-state index in [2.05, 4.69) is 9.64 Å². The van der Waals surface area contributed by atoms with Crippen LogP contribution >= 0.6 is 0 Å². The number of likely N-dealkylation sites (tertiary alicyclic amines) is 2. The number of Topliss-reactive ketones (excluding diaryl/α,β-unsaturated/α-hetero) is 1. The fraction of sp³-hybridized carbons (Fsp3) is 0.538. The topological polar surface area (TPSA) is 97.6 Å². The summed E-state index contributed by atoms with van der Waals surface area (Å²) in [4.78, 5) is 29.4. The Balaban J connectivity index is 1.45. The predicted molar refractivity (Wildman–Crippen MR) is 128 cm³/mol. The Kier molecular flexibility index (Phi) is 7.74. The van der Waals surface area contributed by atoms with E-state index < -0.39 is 18.2 Å². The molecule has 0 radical (unpaired) electrons. The third-order valence-corrected chi connectivity index (χ3v) is 7.45. The first kappa shape index (κ1) is 25.2. The largest absolute Gasteiger partial charge is 0.419 e. The minimum atomic E-state index is -3.10. The number of benzene rings is 1. The third kappa shape index (κ3) is 5.66. The lowest BCUT2D eigenvalue weighted by molar-refractivity contribution is -0.130. The number of nitrogens with zero attached hydrogens (tertiary/aromatic N) is 2. The first-order chi connectivity index (χ1) is 16.7. The van der Waals surface area contributed by atoms with E-state index in [-0.39, 0.29) is 17.3 Å². The van der Waals surface area contributed by atoms with Crippen LogP contribution in [0.25, 0.3) is 0 Å². The molecule has 0 spiro atoms. The number of rotatable bonds is 5. The molecule has 0 aromatic heterocycles. The molecule has 2 aliphatic heterocycles. The van der Waals surface area contributed by atoms with Crippen LogP contribution in [0.5, 0.6) is 0 Å². The number of alkyl halides is 2. The molecule has 1 amide bonds. The van der Waals surface area contributed by atoms with Crippen molar-refractivity contribution < 1.29 is 23.1 Å². The van der Waals surface area contributed by atoms with E-state index in [1.165, 1.54) is 12.5 Å². The van der Waals surface area contributed by atoms with Gasteiger partial charge >= 0.3 is 6.43 Å². The van der Waals surface area contributed by atoms with Crippen molar-refractivity contribution in [1.82, 2.24) is 9.80 Å². The maximum atomic E-state index is 13.4. The van der Waals surface area contributed by atoms with Crippen molar-refractivity contribution in [2.24, 2.45) is 5.92 Å². The Hall–Kier alpha value is -2.94. The van der Waals surface area contributed by atoms with E-state index in [0.29, 0.717) is 30.5 Å². The van der Waals surface area contributed by atoms with Crippen LogP contribution in [-0.4, -0.2) is 71.9 Å². The van der Waals surface area contributed by atoms with E-state index >= 15 is 0 Å². The standard InChI is InChI=1S/C26H32F2N4O3/c1-16(33)31-12-9-18(10-13-31)22-4-2-3-11-32(22)15-20-8-6-17-5-7-19(14-21(17)23(20)34)25(29)35-26(30)24(27)28/h5,7-8,14,18,22,24,29-30H,2-4,6,9-13,15H2,1H3. The fourth-order valence-corrected chi connectivity index (χ4v) is 5.52. The van der Waals surface area contributed by atoms with Crippen molar-refractivity contribution in [3.8, 4) is 0 Å². The Morgan fingerprint density at radius 1 is 1.14 bits per heavy atom. The molecular weight excluding hydrogens is 454 g/mol. The second-order valence-electron chi connectivity index (χ2n) is 9.61. The Bertz CT molecular complexity index is 1050. The summed E-state index contributed by atoms with van der Waals surface area (Å²) < 4.78 is 29.8. The Labute approximate surface area is 204 Å². The summed E-state index contributed by atoms with van der Waals surface area (Å²) in [5, 5.41) is 15.1. The number of ether oxygens (including phenoxy) is 1. The number of amides is 1. The van der Waals surface area contributed by atoms with Gasteiger partial charge in [-0.05, 0) is 62.3 Å². The van der Waals surface area contributed by atoms with Gasteiger partial charge in [-0.1, -0.05) is 18.6 Å². The molecule has 0 saturated carbocycles. The molecule has 7 nitrogen and oxygen atoms in total. The van der Waals surface area contributed by atoms with Crippen LogP contribution in [0.15, 0.2) is 29.8 Å². The Morgan fingerprint density at radius 3 is 2.57 bits per heavy atom. The molecule has 0 bridgehead atoms. The summed E-state index contributed by atoms with van der Waals surface area (Å²) >= 11 is 0. The maximum Gasteiger partial charge on any atom is 0.312 e. The molecule has 1 atom stereocenters. The van der Waals surface area contributed by atoms with Crippen LogP contribution in [0.3, 0.4) is 0 Å². The molecule has 1 aromatic rings. The van der Waals surface area contributed by atoms with Gasteiger partial charge in [0.1, 0.15) is 0 Å². The second-order valence-corrected chi connectivity index (χ2v) is 9.61. The van der Waals surface area contributed by atoms with Gasteiger partial charge in [0.2, 0.25) is 11.8 Å². The average molecular weight is 487 g/mol. The summed E-state index contributed by atoms with van der Waals surface area (Å²) in [7, 11) is 0. The molecule has 1 unspecified atom stereocenters. The third-order valence-electron chi connectivity index (χ3n) is 7.45. The molecule has 4 rings (SSSR count). The number of halogens is 2. The summed E-state index contributed by atoms with van der Waals surface area (Å²) in [6, 6.07) is 5.17. The summed E-state index contributed by atoms with van der Waals surface area (Å²) in [6.45, 7) is 4.69. The number of carbonyl (C=O) groups is 2. The van der Waals surface area contributed by atoms with E-state index in [9.17, 15) is 18.4 Å². The zero-order valence-corrected chi connectivity index (χ0v) is 20.0. The number of hydrogen-bond donors (Lipinski definition) is 2. The van der Waals surface area contributed by atoms with E-state index in [1.54, 1.807) is 19.1 Å². The van der Waals surface area contributed by atoms with Gasteiger partial charge in [0.05, 0.1) is 0 Å². The van der Waals surface area contributed by atoms with Crippen LogP contribution in [0.1, 0.15) is 60.5 Å². The van der Waals surface area contributed by atoms with Crippen LogP contribution < -0.4 is 0 Å². The smallest absolute Gasteiger partial charge is 0.312 e. The quantitative estimate of drug-likeness (QED) is 0.485. The van der Waals surface area contributed by atoms with Crippen molar-refractivity contribution in [3.05, 3.63) is 46.5 Å². The Morgan fingerprint density at radius 2 is 1.89 bits per heavy atom. The number of ketones is 1. The predicted octanol–water partition coefficient (Wildman–Crippen LogP) is 4.05. The highest BCUT2D eigenvalue weighted by Crippen LogP contribution is 2.32. The van der Waals surface area contributed by atoms with E-state index in [0.717, 1.165) is 56.5 Å². The van der Waals surface area contributed by atoms with E-state index in [1.807, 2.05) is 11.0 Å². The molecule has 2 heterocycles. The minimum absolute atomic E-state index is 0.111. The number of nitrogens with one attached hydrogen (secondary N) is 2. The maximum absolute atomic E-state index is 13.4. The van der Waals surface area contributed by atoms with Crippen molar-refractivity contribution in [1.29, 1.82) is 10.8 Å². The zero-order chi connectivity index (χ0) is 25.1. The summed E-state index contributed by atoms with van der Waals surface area (Å²) in [6.07, 6.45) is 4.79. The van der Waals surface area contributed by atoms with Crippen LogP contribution in [0, 0.1) is 16.7 Å². The van der Waals surface area contributed by atoms with Gasteiger partial charge in [-0.2, -0.15) is 8.78 Å². The van der Waals surface area contributed by atoms with E-state index in [4.69, 9.17) is 10.8 Å². The van der Waals surface area contributed by atoms with Crippen molar-refractivity contribution in [2.75, 3.05) is 26.2 Å². The van der Waals surface area contributed by atoms with Crippen LogP contribution in [0.4, 0.5) is 8.78 Å². The molecule has 1 aromatic carbocycles. The lowest BCUT2D eigenvalue weighted by atomic mass is 9.82. The summed E-state index contributed by atoms with van der Waals surface area (Å²) in [5.74, 6) is -1.34. The number of piperidine rings is 2. The van der Waals surface area contributed by atoms with Gasteiger partial charge in [-0.3, -0.25) is 25.3 Å². The number of carbonyl (C=O) groups excluding carboxylic acids is 2. The van der Waals surface area contributed by atoms with Crippen molar-refractivity contribution in [3.63, 3.8) is 0 Å². The summed E-state index contributed by atoms with van der Waals surface area (Å²) in [5.41, 5.74) is 2.19. The second kappa shape index (κ2) is 10.8. The lowest BCUT2D eigenvalue weighted by Gasteiger charge is -2.44. The van der Waals surface area contributed by atoms with Gasteiger partial charge in [-0.25, -0.2) is 0 Å². The normalized spacial score (nSPS) is 21.5.